The quantitative estimate of drug-likeness (QED) is 0.889. The van der Waals surface area contributed by atoms with E-state index in [1.54, 1.807) is 18.2 Å². The second-order valence-electron chi connectivity index (χ2n) is 5.23. The lowest BCUT2D eigenvalue weighted by Crippen LogP contribution is -2.52. The highest BCUT2D eigenvalue weighted by Gasteiger charge is 2.25. The van der Waals surface area contributed by atoms with E-state index in [-0.39, 0.29) is 30.2 Å². The number of aromatic nitrogens is 2. The van der Waals surface area contributed by atoms with Gasteiger partial charge >= 0.3 is 0 Å². The van der Waals surface area contributed by atoms with Gasteiger partial charge < -0.3 is 10.2 Å². The zero-order valence-corrected chi connectivity index (χ0v) is 13.0. The van der Waals surface area contributed by atoms with Gasteiger partial charge in [-0.05, 0) is 37.3 Å². The van der Waals surface area contributed by atoms with E-state index in [0.29, 0.717) is 17.9 Å². The lowest BCUT2D eigenvalue weighted by Gasteiger charge is -2.33. The van der Waals surface area contributed by atoms with Crippen LogP contribution in [0.15, 0.2) is 30.3 Å². The minimum atomic E-state index is -0.291. The number of carbonyl (C=O) groups is 1. The average molecular weight is 325 g/mol. The van der Waals surface area contributed by atoms with E-state index in [2.05, 4.69) is 15.5 Å². The summed E-state index contributed by atoms with van der Waals surface area (Å²) in [5.74, 6) is -0.343. The van der Waals surface area contributed by atoms with Crippen LogP contribution in [-0.2, 0) is 0 Å². The molecular weight excluding hydrogens is 307 g/mol. The molecule has 0 saturated carbocycles. The van der Waals surface area contributed by atoms with Crippen molar-refractivity contribution in [2.45, 2.75) is 13.0 Å². The Morgan fingerprint density at radius 3 is 2.77 bits per heavy atom. The van der Waals surface area contributed by atoms with Crippen LogP contribution >= 0.6 is 12.4 Å². The van der Waals surface area contributed by atoms with Crippen LogP contribution in [-0.4, -0.2) is 46.7 Å². The molecule has 2 aromatic rings. The van der Waals surface area contributed by atoms with Gasteiger partial charge in [0.2, 0.25) is 0 Å². The number of nitrogens with one attached hydrogen (secondary N) is 2. The summed E-state index contributed by atoms with van der Waals surface area (Å²) in [5, 5.41) is 10.2. The lowest BCUT2D eigenvalue weighted by molar-refractivity contribution is 0.0649. The first-order valence-electron chi connectivity index (χ1n) is 6.98. The number of hydrogen-bond donors (Lipinski definition) is 2. The van der Waals surface area contributed by atoms with E-state index in [1.165, 1.54) is 12.1 Å². The molecule has 118 valence electrons. The number of piperazine rings is 1. The van der Waals surface area contributed by atoms with Gasteiger partial charge in [-0.15, -0.1) is 12.4 Å². The SMILES string of the molecule is CC1CNCCN1C(=O)c1cc(-c2ccc(F)cc2)n[nH]1.Cl. The molecule has 0 aliphatic carbocycles. The summed E-state index contributed by atoms with van der Waals surface area (Å²) in [7, 11) is 0. The van der Waals surface area contributed by atoms with Crippen LogP contribution in [0.5, 0.6) is 0 Å². The largest absolute Gasteiger partial charge is 0.332 e. The molecule has 0 radical (unpaired) electrons. The highest BCUT2D eigenvalue weighted by atomic mass is 35.5. The van der Waals surface area contributed by atoms with Gasteiger partial charge in [-0.2, -0.15) is 5.10 Å². The van der Waals surface area contributed by atoms with Crippen LogP contribution in [0.1, 0.15) is 17.4 Å². The normalized spacial score (nSPS) is 17.9. The number of amides is 1. The van der Waals surface area contributed by atoms with Crippen molar-refractivity contribution in [2.24, 2.45) is 0 Å². The zero-order chi connectivity index (χ0) is 14.8. The van der Waals surface area contributed by atoms with Crippen molar-refractivity contribution in [3.8, 4) is 11.3 Å². The number of aromatic amines is 1. The summed E-state index contributed by atoms with van der Waals surface area (Å²) in [6, 6.07) is 7.92. The number of benzene rings is 1. The molecule has 5 nitrogen and oxygen atoms in total. The highest BCUT2D eigenvalue weighted by Crippen LogP contribution is 2.19. The third kappa shape index (κ3) is 3.28. The Hall–Kier alpha value is -1.92. The molecule has 0 spiro atoms. The highest BCUT2D eigenvalue weighted by molar-refractivity contribution is 5.93. The molecule has 1 amide bonds. The maximum atomic E-state index is 12.9. The maximum Gasteiger partial charge on any atom is 0.272 e. The Morgan fingerprint density at radius 2 is 2.09 bits per heavy atom. The topological polar surface area (TPSA) is 61.0 Å². The van der Waals surface area contributed by atoms with Crippen molar-refractivity contribution in [1.29, 1.82) is 0 Å². The third-order valence-electron chi connectivity index (χ3n) is 3.71. The average Bonchev–Trinajstić information content (AvgIpc) is 2.98. The van der Waals surface area contributed by atoms with E-state index in [9.17, 15) is 9.18 Å². The molecule has 22 heavy (non-hydrogen) atoms. The van der Waals surface area contributed by atoms with E-state index < -0.39 is 0 Å². The Labute approximate surface area is 134 Å². The Morgan fingerprint density at radius 1 is 1.36 bits per heavy atom. The molecule has 0 bridgehead atoms. The predicted molar refractivity (Wildman–Crippen MR) is 84.6 cm³/mol. The number of nitrogens with zero attached hydrogens (tertiary/aromatic N) is 2. The van der Waals surface area contributed by atoms with E-state index >= 15 is 0 Å². The molecule has 7 heteroatoms. The number of carbonyl (C=O) groups excluding carboxylic acids is 1. The molecule has 2 N–H and O–H groups in total. The Kier molecular flexibility index (Phi) is 5.15. The van der Waals surface area contributed by atoms with Gasteiger partial charge in [0, 0.05) is 31.2 Å². The predicted octanol–water partition coefficient (Wildman–Crippen LogP) is 2.07. The smallest absolute Gasteiger partial charge is 0.272 e. The van der Waals surface area contributed by atoms with Crippen LogP contribution < -0.4 is 5.32 Å². The molecule has 1 aromatic heterocycles. The number of halogens is 2. The zero-order valence-electron chi connectivity index (χ0n) is 12.2. The summed E-state index contributed by atoms with van der Waals surface area (Å²) in [6.45, 7) is 4.30. The van der Waals surface area contributed by atoms with Crippen LogP contribution in [0.3, 0.4) is 0 Å². The molecule has 1 fully saturated rings. The van der Waals surface area contributed by atoms with Gasteiger partial charge in [0.15, 0.2) is 0 Å². The summed E-state index contributed by atoms with van der Waals surface area (Å²) < 4.78 is 12.9. The molecule has 1 saturated heterocycles. The van der Waals surface area contributed by atoms with Gasteiger partial charge in [0.1, 0.15) is 11.5 Å². The van der Waals surface area contributed by atoms with Crippen LogP contribution in [0.4, 0.5) is 4.39 Å². The Balaban J connectivity index is 0.00000176. The maximum absolute atomic E-state index is 12.9. The second kappa shape index (κ2) is 6.89. The molecule has 1 unspecified atom stereocenters. The van der Waals surface area contributed by atoms with Crippen LogP contribution in [0.2, 0.25) is 0 Å². The van der Waals surface area contributed by atoms with Crippen molar-refractivity contribution >= 4 is 18.3 Å². The molecular formula is C15H18ClFN4O. The summed E-state index contributed by atoms with van der Waals surface area (Å²) in [4.78, 5) is 14.3. The third-order valence-corrected chi connectivity index (χ3v) is 3.71. The van der Waals surface area contributed by atoms with Gasteiger partial charge in [0.05, 0.1) is 5.69 Å². The number of H-pyrrole nitrogens is 1. The van der Waals surface area contributed by atoms with Crippen molar-refractivity contribution < 1.29 is 9.18 Å². The number of rotatable bonds is 2. The van der Waals surface area contributed by atoms with Crippen LogP contribution in [0, 0.1) is 5.82 Å². The first kappa shape index (κ1) is 16.5. The standard InChI is InChI=1S/C15H17FN4O.ClH/c1-10-9-17-6-7-20(10)15(21)14-8-13(18-19-14)11-2-4-12(16)5-3-11;/h2-5,8,10,17H,6-7,9H2,1H3,(H,18,19);1H. The van der Waals surface area contributed by atoms with Crippen molar-refractivity contribution in [1.82, 2.24) is 20.4 Å². The number of hydrogen-bond acceptors (Lipinski definition) is 3. The van der Waals surface area contributed by atoms with Gasteiger partial charge in [0.25, 0.3) is 5.91 Å². The molecule has 1 aliphatic rings. The first-order chi connectivity index (χ1) is 10.1. The van der Waals surface area contributed by atoms with Crippen molar-refractivity contribution in [2.75, 3.05) is 19.6 Å². The minimum absolute atomic E-state index is 0. The molecule has 2 heterocycles. The van der Waals surface area contributed by atoms with Crippen molar-refractivity contribution in [3.63, 3.8) is 0 Å². The van der Waals surface area contributed by atoms with E-state index in [0.717, 1.165) is 18.7 Å². The van der Waals surface area contributed by atoms with Gasteiger partial charge in [-0.1, -0.05) is 0 Å². The molecule has 1 atom stereocenters. The first-order valence-corrected chi connectivity index (χ1v) is 6.98. The molecule has 1 aliphatic heterocycles. The minimum Gasteiger partial charge on any atom is -0.332 e. The van der Waals surface area contributed by atoms with E-state index in [1.807, 2.05) is 11.8 Å². The second-order valence-corrected chi connectivity index (χ2v) is 5.23. The summed E-state index contributed by atoms with van der Waals surface area (Å²) in [6.07, 6.45) is 0. The van der Waals surface area contributed by atoms with Crippen LogP contribution in [0.25, 0.3) is 11.3 Å². The fraction of sp³-hybridized carbons (Fsp3) is 0.333. The molecule has 3 rings (SSSR count). The lowest BCUT2D eigenvalue weighted by atomic mass is 10.1. The van der Waals surface area contributed by atoms with Crippen molar-refractivity contribution in [3.05, 3.63) is 41.8 Å². The van der Waals surface area contributed by atoms with Gasteiger partial charge in [-0.25, -0.2) is 4.39 Å². The van der Waals surface area contributed by atoms with Gasteiger partial charge in [-0.3, -0.25) is 9.89 Å². The molecule has 1 aromatic carbocycles. The Bertz CT molecular complexity index is 643. The fourth-order valence-corrected chi connectivity index (χ4v) is 2.50. The fourth-order valence-electron chi connectivity index (χ4n) is 2.50. The summed E-state index contributed by atoms with van der Waals surface area (Å²) >= 11 is 0. The van der Waals surface area contributed by atoms with E-state index in [4.69, 9.17) is 0 Å². The summed E-state index contributed by atoms with van der Waals surface area (Å²) in [5.41, 5.74) is 1.88. The monoisotopic (exact) mass is 324 g/mol.